The molecular formula is C31H33N5O10S. The van der Waals surface area contributed by atoms with Gasteiger partial charge in [-0.1, -0.05) is 0 Å². The predicted molar refractivity (Wildman–Crippen MR) is 172 cm³/mol. The molecule has 0 heterocycles. The fraction of sp³-hybridized carbons (Fsp3) is 0.258. The van der Waals surface area contributed by atoms with E-state index in [4.69, 9.17) is 18.9 Å². The van der Waals surface area contributed by atoms with Crippen molar-refractivity contribution in [3.63, 3.8) is 0 Å². The lowest BCUT2D eigenvalue weighted by atomic mass is 10.1. The summed E-state index contributed by atoms with van der Waals surface area (Å²) in [7, 11) is -2.11. The van der Waals surface area contributed by atoms with Gasteiger partial charge in [0.25, 0.3) is 10.1 Å². The standard InChI is InChI=1S/C31H33N5O10S/c1-17(2)45-10-11-46-28-16-24(34-33-23-9-7-21(38)14-26(23)43-4)27(44-5)15-25(28)35-36-30-29(47(40,41)42)13-19-12-20(32-18(3)37)6-8-22(19)31(30)39/h6-9,12-17,38-39H,10-11H2,1-5H3,(H,32,37)(H,40,41,42). The number of ether oxygens (including phenoxy) is 4. The van der Waals surface area contributed by atoms with Crippen LogP contribution in [0.2, 0.25) is 0 Å². The van der Waals surface area contributed by atoms with Gasteiger partial charge in [-0.25, -0.2) is 0 Å². The molecule has 0 aliphatic carbocycles. The van der Waals surface area contributed by atoms with E-state index in [1.54, 1.807) is 0 Å². The summed E-state index contributed by atoms with van der Waals surface area (Å²) < 4.78 is 57.0. The van der Waals surface area contributed by atoms with Crippen molar-refractivity contribution < 1.29 is 46.9 Å². The Labute approximate surface area is 270 Å². The van der Waals surface area contributed by atoms with Gasteiger partial charge >= 0.3 is 0 Å². The number of benzene rings is 4. The van der Waals surface area contributed by atoms with E-state index in [-0.39, 0.29) is 70.4 Å². The normalized spacial score (nSPS) is 11.9. The van der Waals surface area contributed by atoms with Crippen molar-refractivity contribution in [1.29, 1.82) is 0 Å². The van der Waals surface area contributed by atoms with Crippen LogP contribution in [0.3, 0.4) is 0 Å². The number of carbonyl (C=O) groups is 1. The number of azo groups is 2. The number of hydrogen-bond donors (Lipinski definition) is 4. The molecule has 1 amide bonds. The van der Waals surface area contributed by atoms with Gasteiger partial charge in [0.05, 0.1) is 26.9 Å². The summed E-state index contributed by atoms with van der Waals surface area (Å²) in [6, 6.07) is 12.7. The highest BCUT2D eigenvalue weighted by Gasteiger charge is 2.23. The number of carbonyl (C=O) groups excluding carboxylic acids is 1. The molecule has 0 aliphatic heterocycles. The largest absolute Gasteiger partial charge is 0.508 e. The van der Waals surface area contributed by atoms with E-state index in [1.807, 2.05) is 13.8 Å². The van der Waals surface area contributed by atoms with Crippen LogP contribution < -0.4 is 19.5 Å². The van der Waals surface area contributed by atoms with Crippen LogP contribution in [0.4, 0.5) is 28.4 Å². The molecule has 0 saturated heterocycles. The number of rotatable bonds is 13. The summed E-state index contributed by atoms with van der Waals surface area (Å²) in [5, 5.41) is 40.4. The quantitative estimate of drug-likeness (QED) is 0.0645. The molecule has 0 spiro atoms. The van der Waals surface area contributed by atoms with Gasteiger partial charge < -0.3 is 34.5 Å². The molecule has 4 aromatic carbocycles. The molecule has 47 heavy (non-hydrogen) atoms. The van der Waals surface area contributed by atoms with E-state index in [2.05, 4.69) is 25.8 Å². The minimum atomic E-state index is -4.91. The van der Waals surface area contributed by atoms with E-state index in [9.17, 15) is 28.0 Å². The molecule has 4 N–H and O–H groups in total. The summed E-state index contributed by atoms with van der Waals surface area (Å²) in [5.74, 6) is -0.378. The summed E-state index contributed by atoms with van der Waals surface area (Å²) >= 11 is 0. The Balaban J connectivity index is 1.82. The zero-order chi connectivity index (χ0) is 34.3. The Bertz CT molecular complexity index is 1960. The summed E-state index contributed by atoms with van der Waals surface area (Å²) in [6.45, 7) is 5.35. The summed E-state index contributed by atoms with van der Waals surface area (Å²) in [5.41, 5.74) is 0.385. The van der Waals surface area contributed by atoms with Crippen LogP contribution in [0, 0.1) is 0 Å². The lowest BCUT2D eigenvalue weighted by Gasteiger charge is -2.13. The topological polar surface area (TPSA) is 210 Å². The molecule has 4 rings (SSSR count). The molecule has 16 heteroatoms. The summed E-state index contributed by atoms with van der Waals surface area (Å²) in [6.07, 6.45) is -0.0534. The molecule has 0 saturated carbocycles. The van der Waals surface area contributed by atoms with Crippen molar-refractivity contribution in [2.75, 3.05) is 32.8 Å². The third kappa shape index (κ3) is 8.69. The van der Waals surface area contributed by atoms with Gasteiger partial charge in [-0.3, -0.25) is 9.35 Å². The van der Waals surface area contributed by atoms with E-state index in [0.717, 1.165) is 6.07 Å². The molecule has 248 valence electrons. The number of phenolic OH excluding ortho intramolecular Hbond substituents is 2. The second kappa shape index (κ2) is 14.8. The zero-order valence-electron chi connectivity index (χ0n) is 26.1. The van der Waals surface area contributed by atoms with E-state index in [1.165, 1.54) is 69.7 Å². The number of aromatic hydroxyl groups is 2. The highest BCUT2D eigenvalue weighted by atomic mass is 32.2. The van der Waals surface area contributed by atoms with Gasteiger partial charge in [0.15, 0.2) is 5.75 Å². The van der Waals surface area contributed by atoms with Crippen LogP contribution in [-0.2, 0) is 19.6 Å². The Morgan fingerprint density at radius 3 is 2.13 bits per heavy atom. The fourth-order valence-corrected chi connectivity index (χ4v) is 4.95. The number of phenols is 2. The predicted octanol–water partition coefficient (Wildman–Crippen LogP) is 7.11. The van der Waals surface area contributed by atoms with Crippen LogP contribution in [0.25, 0.3) is 10.8 Å². The lowest BCUT2D eigenvalue weighted by Crippen LogP contribution is -2.11. The Hall–Kier alpha value is -5.32. The highest BCUT2D eigenvalue weighted by molar-refractivity contribution is 7.86. The van der Waals surface area contributed by atoms with Crippen molar-refractivity contribution in [2.24, 2.45) is 20.5 Å². The molecule has 15 nitrogen and oxygen atoms in total. The van der Waals surface area contributed by atoms with Gasteiger partial charge in [0.1, 0.15) is 57.2 Å². The van der Waals surface area contributed by atoms with E-state index < -0.39 is 26.5 Å². The Morgan fingerprint density at radius 1 is 0.830 bits per heavy atom. The minimum Gasteiger partial charge on any atom is -0.508 e. The number of hydrogen-bond acceptors (Lipinski definition) is 13. The number of nitrogens with zero attached hydrogens (tertiary/aromatic N) is 4. The van der Waals surface area contributed by atoms with Crippen molar-refractivity contribution >= 4 is 55.2 Å². The van der Waals surface area contributed by atoms with Gasteiger partial charge in [-0.2, -0.15) is 8.42 Å². The lowest BCUT2D eigenvalue weighted by molar-refractivity contribution is -0.114. The van der Waals surface area contributed by atoms with Crippen LogP contribution in [0.1, 0.15) is 20.8 Å². The second-order valence-electron chi connectivity index (χ2n) is 10.2. The molecule has 0 atom stereocenters. The van der Waals surface area contributed by atoms with Crippen LogP contribution in [-0.4, -0.2) is 62.6 Å². The molecule has 0 radical (unpaired) electrons. The number of methoxy groups -OCH3 is 2. The number of anilines is 1. The Kier molecular flexibility index (Phi) is 10.9. The van der Waals surface area contributed by atoms with E-state index in [0.29, 0.717) is 11.4 Å². The van der Waals surface area contributed by atoms with Crippen molar-refractivity contribution in [3.05, 3.63) is 54.6 Å². The molecular weight excluding hydrogens is 634 g/mol. The van der Waals surface area contributed by atoms with Crippen LogP contribution in [0.5, 0.6) is 28.7 Å². The van der Waals surface area contributed by atoms with Crippen LogP contribution >= 0.6 is 0 Å². The first-order valence-electron chi connectivity index (χ1n) is 14.0. The van der Waals surface area contributed by atoms with Crippen molar-refractivity contribution in [1.82, 2.24) is 0 Å². The maximum Gasteiger partial charge on any atom is 0.296 e. The fourth-order valence-electron chi connectivity index (χ4n) is 4.30. The molecule has 4 aromatic rings. The second-order valence-corrected chi connectivity index (χ2v) is 11.6. The number of amides is 1. The van der Waals surface area contributed by atoms with Crippen molar-refractivity contribution in [3.8, 4) is 28.7 Å². The maximum absolute atomic E-state index is 12.4. The smallest absolute Gasteiger partial charge is 0.296 e. The van der Waals surface area contributed by atoms with Crippen molar-refractivity contribution in [2.45, 2.75) is 31.8 Å². The molecule has 0 bridgehead atoms. The summed E-state index contributed by atoms with van der Waals surface area (Å²) in [4.78, 5) is 10.8. The average molecular weight is 668 g/mol. The van der Waals surface area contributed by atoms with Gasteiger partial charge in [-0.05, 0) is 55.6 Å². The minimum absolute atomic E-state index is 0.0169. The number of nitrogens with one attached hydrogen (secondary N) is 1. The molecule has 0 aliphatic rings. The SMILES string of the molecule is COc1cc(O)ccc1N=Nc1cc(OCCOC(C)C)c(N=Nc2c(S(=O)(=O)O)cc3cc(NC(C)=O)ccc3c2O)cc1OC. The Morgan fingerprint density at radius 2 is 1.47 bits per heavy atom. The van der Waals surface area contributed by atoms with Gasteiger partial charge in [-0.15, -0.1) is 20.5 Å². The first-order valence-corrected chi connectivity index (χ1v) is 15.5. The highest BCUT2D eigenvalue weighted by Crippen LogP contribution is 2.45. The third-order valence-electron chi connectivity index (χ3n) is 6.39. The first kappa shape index (κ1) is 34.6. The van der Waals surface area contributed by atoms with E-state index >= 15 is 0 Å². The van der Waals surface area contributed by atoms with Crippen LogP contribution in [0.15, 0.2) is 79.9 Å². The zero-order valence-corrected chi connectivity index (χ0v) is 26.9. The average Bonchev–Trinajstić information content (AvgIpc) is 3.01. The first-order chi connectivity index (χ1) is 22.3. The maximum atomic E-state index is 12.4. The monoisotopic (exact) mass is 667 g/mol. The van der Waals surface area contributed by atoms with Gasteiger partial charge in [0, 0.05) is 36.2 Å². The third-order valence-corrected chi connectivity index (χ3v) is 7.26. The molecule has 0 unspecified atom stereocenters. The molecule has 0 aromatic heterocycles. The van der Waals surface area contributed by atoms with Gasteiger partial charge in [0.2, 0.25) is 5.91 Å². The molecule has 0 fully saturated rings. The number of fused-ring (bicyclic) bond motifs is 1.